The summed E-state index contributed by atoms with van der Waals surface area (Å²) in [5, 5.41) is 3.11. The molecule has 2 rings (SSSR count). The molecular formula is C14H13ClFN3O. The minimum atomic E-state index is -0.271. The number of aldehydes is 1. The van der Waals surface area contributed by atoms with Crippen LogP contribution in [0.4, 0.5) is 10.2 Å². The summed E-state index contributed by atoms with van der Waals surface area (Å²) < 4.78 is 13.6. The van der Waals surface area contributed by atoms with E-state index in [4.69, 9.17) is 11.6 Å². The van der Waals surface area contributed by atoms with Gasteiger partial charge in [-0.15, -0.1) is 0 Å². The van der Waals surface area contributed by atoms with Crippen LogP contribution in [0.25, 0.3) is 0 Å². The summed E-state index contributed by atoms with van der Waals surface area (Å²) in [7, 11) is 0. The van der Waals surface area contributed by atoms with Gasteiger partial charge in [0.25, 0.3) is 0 Å². The fraction of sp³-hybridized carbons (Fsp3) is 0.214. The highest BCUT2D eigenvalue weighted by atomic mass is 35.5. The molecule has 1 heterocycles. The number of hydrogen-bond acceptors (Lipinski definition) is 4. The number of aromatic nitrogens is 2. The summed E-state index contributed by atoms with van der Waals surface area (Å²) in [6.45, 7) is 3.54. The van der Waals surface area contributed by atoms with Crippen LogP contribution >= 0.6 is 11.6 Å². The van der Waals surface area contributed by atoms with Gasteiger partial charge in [-0.25, -0.2) is 14.4 Å². The molecule has 0 saturated carbocycles. The lowest BCUT2D eigenvalue weighted by atomic mass is 10.1. The Balaban J connectivity index is 2.27. The molecule has 1 unspecified atom stereocenters. The van der Waals surface area contributed by atoms with E-state index in [0.29, 0.717) is 17.7 Å². The van der Waals surface area contributed by atoms with Crippen molar-refractivity contribution >= 4 is 23.7 Å². The summed E-state index contributed by atoms with van der Waals surface area (Å²) in [5.41, 5.74) is 1.52. The lowest BCUT2D eigenvalue weighted by Crippen LogP contribution is -2.11. The van der Waals surface area contributed by atoms with E-state index < -0.39 is 0 Å². The number of carbonyl (C=O) groups is 1. The van der Waals surface area contributed by atoms with Gasteiger partial charge in [0.15, 0.2) is 6.29 Å². The molecule has 20 heavy (non-hydrogen) atoms. The van der Waals surface area contributed by atoms with Gasteiger partial charge >= 0.3 is 0 Å². The summed E-state index contributed by atoms with van der Waals surface area (Å²) in [6, 6.07) is 4.75. The van der Waals surface area contributed by atoms with Crippen LogP contribution in [-0.4, -0.2) is 16.3 Å². The molecule has 0 radical (unpaired) electrons. The third-order valence-corrected chi connectivity index (χ3v) is 3.30. The Hall–Kier alpha value is -2.01. The predicted molar refractivity (Wildman–Crippen MR) is 75.6 cm³/mol. The monoisotopic (exact) mass is 293 g/mol. The number of carbonyl (C=O) groups excluding carboxylic acids is 1. The number of aryl methyl sites for hydroxylation is 1. The van der Waals surface area contributed by atoms with Gasteiger partial charge < -0.3 is 5.32 Å². The van der Waals surface area contributed by atoms with Crippen LogP contribution in [0.5, 0.6) is 0 Å². The zero-order chi connectivity index (χ0) is 14.7. The maximum absolute atomic E-state index is 13.6. The Morgan fingerprint density at radius 3 is 2.80 bits per heavy atom. The fourth-order valence-electron chi connectivity index (χ4n) is 1.76. The Kier molecular flexibility index (Phi) is 4.29. The molecule has 0 fully saturated rings. The predicted octanol–water partition coefficient (Wildman–Crippen LogP) is 3.56. The molecule has 0 bridgehead atoms. The third kappa shape index (κ3) is 2.93. The Morgan fingerprint density at radius 2 is 2.15 bits per heavy atom. The highest BCUT2D eigenvalue weighted by Gasteiger charge is 2.13. The molecule has 0 saturated heterocycles. The number of rotatable bonds is 4. The number of halogens is 2. The van der Waals surface area contributed by atoms with Gasteiger partial charge in [-0.1, -0.05) is 23.7 Å². The average molecular weight is 294 g/mol. The van der Waals surface area contributed by atoms with E-state index in [1.807, 2.05) is 13.0 Å². The number of benzene rings is 1. The molecule has 0 amide bonds. The van der Waals surface area contributed by atoms with Gasteiger partial charge in [0, 0.05) is 0 Å². The van der Waals surface area contributed by atoms with Crippen LogP contribution in [0.2, 0.25) is 5.15 Å². The smallest absolute Gasteiger partial charge is 0.156 e. The number of nitrogens with zero attached hydrogens (tertiary/aromatic N) is 2. The normalized spacial score (nSPS) is 12.0. The van der Waals surface area contributed by atoms with Gasteiger partial charge in [-0.2, -0.15) is 0 Å². The quantitative estimate of drug-likeness (QED) is 0.692. The molecule has 0 spiro atoms. The maximum atomic E-state index is 13.6. The van der Waals surface area contributed by atoms with E-state index in [1.165, 1.54) is 12.4 Å². The standard InChI is InChI=1S/C14H13ClFN3O/c1-8-3-4-10(5-12(8)16)9(2)19-14-11(6-20)13(15)17-7-18-14/h3-7,9H,1-2H3,(H,17,18,19). The van der Waals surface area contributed by atoms with Gasteiger partial charge in [0.05, 0.1) is 11.6 Å². The maximum Gasteiger partial charge on any atom is 0.156 e. The van der Waals surface area contributed by atoms with Crippen LogP contribution in [0, 0.1) is 12.7 Å². The highest BCUT2D eigenvalue weighted by molar-refractivity contribution is 6.32. The Bertz CT molecular complexity index is 648. The second-order valence-corrected chi connectivity index (χ2v) is 4.78. The molecule has 2 aromatic rings. The minimum Gasteiger partial charge on any atom is -0.363 e. The zero-order valence-electron chi connectivity index (χ0n) is 11.0. The van der Waals surface area contributed by atoms with Crippen molar-refractivity contribution in [2.24, 2.45) is 0 Å². The van der Waals surface area contributed by atoms with E-state index in [0.717, 1.165) is 5.56 Å². The molecular weight excluding hydrogens is 281 g/mol. The largest absolute Gasteiger partial charge is 0.363 e. The van der Waals surface area contributed by atoms with Crippen molar-refractivity contribution in [3.63, 3.8) is 0 Å². The lowest BCUT2D eigenvalue weighted by molar-refractivity contribution is 0.112. The van der Waals surface area contributed by atoms with Crippen molar-refractivity contribution < 1.29 is 9.18 Å². The highest BCUT2D eigenvalue weighted by Crippen LogP contribution is 2.23. The number of hydrogen-bond donors (Lipinski definition) is 1. The Morgan fingerprint density at radius 1 is 1.40 bits per heavy atom. The van der Waals surface area contributed by atoms with E-state index >= 15 is 0 Å². The molecule has 104 valence electrons. The average Bonchev–Trinajstić information content (AvgIpc) is 2.42. The first kappa shape index (κ1) is 14.4. The fourth-order valence-corrected chi connectivity index (χ4v) is 1.94. The zero-order valence-corrected chi connectivity index (χ0v) is 11.8. The van der Waals surface area contributed by atoms with Crippen molar-refractivity contribution in [1.82, 2.24) is 9.97 Å². The number of nitrogens with one attached hydrogen (secondary N) is 1. The molecule has 1 N–H and O–H groups in total. The van der Waals surface area contributed by atoms with Crippen molar-refractivity contribution in [2.75, 3.05) is 5.32 Å². The van der Waals surface area contributed by atoms with E-state index in [-0.39, 0.29) is 22.6 Å². The van der Waals surface area contributed by atoms with Crippen LogP contribution in [0.15, 0.2) is 24.5 Å². The van der Waals surface area contributed by atoms with Gasteiger partial charge in [-0.3, -0.25) is 4.79 Å². The first-order chi connectivity index (χ1) is 9.52. The van der Waals surface area contributed by atoms with E-state index in [1.54, 1.807) is 13.0 Å². The molecule has 0 aliphatic rings. The third-order valence-electron chi connectivity index (χ3n) is 3.00. The first-order valence-corrected chi connectivity index (χ1v) is 6.39. The van der Waals surface area contributed by atoms with Crippen molar-refractivity contribution in [3.8, 4) is 0 Å². The van der Waals surface area contributed by atoms with Gasteiger partial charge in [0.2, 0.25) is 0 Å². The molecule has 1 aromatic heterocycles. The van der Waals surface area contributed by atoms with E-state index in [2.05, 4.69) is 15.3 Å². The van der Waals surface area contributed by atoms with Crippen LogP contribution < -0.4 is 5.32 Å². The molecule has 1 aromatic carbocycles. The second-order valence-electron chi connectivity index (χ2n) is 4.42. The topological polar surface area (TPSA) is 54.9 Å². The Labute approximate surface area is 121 Å². The molecule has 4 nitrogen and oxygen atoms in total. The molecule has 0 aliphatic heterocycles. The molecule has 6 heteroatoms. The molecule has 0 aliphatic carbocycles. The first-order valence-electron chi connectivity index (χ1n) is 6.01. The minimum absolute atomic E-state index is 0.0831. The number of anilines is 1. The van der Waals surface area contributed by atoms with E-state index in [9.17, 15) is 9.18 Å². The van der Waals surface area contributed by atoms with Gasteiger partial charge in [0.1, 0.15) is 23.1 Å². The van der Waals surface area contributed by atoms with Gasteiger partial charge in [-0.05, 0) is 31.0 Å². The van der Waals surface area contributed by atoms with Crippen LogP contribution in [-0.2, 0) is 0 Å². The summed E-state index contributed by atoms with van der Waals surface area (Å²) in [5.74, 6) is 0.0564. The van der Waals surface area contributed by atoms with Crippen molar-refractivity contribution in [2.45, 2.75) is 19.9 Å². The summed E-state index contributed by atoms with van der Waals surface area (Å²) in [4.78, 5) is 18.7. The van der Waals surface area contributed by atoms with Crippen LogP contribution in [0.1, 0.15) is 34.5 Å². The second kappa shape index (κ2) is 5.96. The van der Waals surface area contributed by atoms with Crippen molar-refractivity contribution in [3.05, 3.63) is 52.2 Å². The lowest BCUT2D eigenvalue weighted by Gasteiger charge is -2.16. The summed E-state index contributed by atoms with van der Waals surface area (Å²) in [6.07, 6.45) is 1.85. The summed E-state index contributed by atoms with van der Waals surface area (Å²) >= 11 is 5.82. The molecule has 1 atom stereocenters. The van der Waals surface area contributed by atoms with Crippen LogP contribution in [0.3, 0.4) is 0 Å². The SMILES string of the molecule is Cc1ccc(C(C)Nc2ncnc(Cl)c2C=O)cc1F. The van der Waals surface area contributed by atoms with Crippen molar-refractivity contribution in [1.29, 1.82) is 0 Å².